The number of likely N-dealkylation sites (tertiary alicyclic amines) is 1. The summed E-state index contributed by atoms with van der Waals surface area (Å²) < 4.78 is 5.35. The molecule has 1 heterocycles. The first-order valence-corrected chi connectivity index (χ1v) is 8.62. The molecular formula is C16H35IN4O. The van der Waals surface area contributed by atoms with Gasteiger partial charge in [0, 0.05) is 39.4 Å². The molecule has 0 aromatic rings. The molecule has 1 aliphatic heterocycles. The van der Waals surface area contributed by atoms with Crippen LogP contribution in [0.4, 0.5) is 0 Å². The molecule has 1 atom stereocenters. The third-order valence-corrected chi connectivity index (χ3v) is 3.72. The van der Waals surface area contributed by atoms with Crippen molar-refractivity contribution >= 4 is 29.9 Å². The van der Waals surface area contributed by atoms with Crippen molar-refractivity contribution in [2.24, 2.45) is 10.9 Å². The van der Waals surface area contributed by atoms with Crippen molar-refractivity contribution in [3.63, 3.8) is 0 Å². The van der Waals surface area contributed by atoms with Gasteiger partial charge in [-0.3, -0.25) is 4.99 Å². The molecule has 0 aromatic carbocycles. The van der Waals surface area contributed by atoms with Crippen molar-refractivity contribution in [3.05, 3.63) is 0 Å². The zero-order valence-corrected chi connectivity index (χ0v) is 16.9. The second kappa shape index (κ2) is 14.5. The second-order valence-electron chi connectivity index (χ2n) is 5.65. The molecule has 6 heteroatoms. The molecule has 1 rings (SSSR count). The molecule has 1 aliphatic rings. The van der Waals surface area contributed by atoms with Gasteiger partial charge in [-0.1, -0.05) is 6.92 Å². The van der Waals surface area contributed by atoms with Gasteiger partial charge >= 0.3 is 0 Å². The van der Waals surface area contributed by atoms with E-state index in [0.29, 0.717) is 0 Å². The average molecular weight is 426 g/mol. The van der Waals surface area contributed by atoms with E-state index in [1.54, 1.807) is 0 Å². The molecule has 2 N–H and O–H groups in total. The van der Waals surface area contributed by atoms with Crippen LogP contribution in [0.3, 0.4) is 0 Å². The van der Waals surface area contributed by atoms with Gasteiger partial charge in [-0.2, -0.15) is 0 Å². The van der Waals surface area contributed by atoms with Crippen LogP contribution in [0.5, 0.6) is 0 Å². The SMILES string of the molecule is CCCN1CCC(CN=C(NCC)NCCCOCC)C1.I. The molecule has 0 amide bonds. The maximum absolute atomic E-state index is 5.35. The van der Waals surface area contributed by atoms with E-state index in [1.807, 2.05) is 6.92 Å². The number of hydrogen-bond acceptors (Lipinski definition) is 3. The van der Waals surface area contributed by atoms with Crippen LogP contribution in [0.25, 0.3) is 0 Å². The van der Waals surface area contributed by atoms with E-state index in [4.69, 9.17) is 9.73 Å². The van der Waals surface area contributed by atoms with Crippen molar-refractivity contribution in [1.29, 1.82) is 0 Å². The zero-order valence-electron chi connectivity index (χ0n) is 14.6. The van der Waals surface area contributed by atoms with Crippen LogP contribution in [0.2, 0.25) is 0 Å². The summed E-state index contributed by atoms with van der Waals surface area (Å²) in [5.41, 5.74) is 0. The number of nitrogens with zero attached hydrogens (tertiary/aromatic N) is 2. The lowest BCUT2D eigenvalue weighted by Crippen LogP contribution is -2.38. The van der Waals surface area contributed by atoms with Gasteiger partial charge in [0.2, 0.25) is 0 Å². The Kier molecular flexibility index (Phi) is 14.5. The second-order valence-corrected chi connectivity index (χ2v) is 5.65. The molecule has 0 aliphatic carbocycles. The minimum Gasteiger partial charge on any atom is -0.382 e. The van der Waals surface area contributed by atoms with Crippen molar-refractivity contribution in [2.45, 2.75) is 40.0 Å². The predicted octanol–water partition coefficient (Wildman–Crippen LogP) is 2.32. The van der Waals surface area contributed by atoms with E-state index in [1.165, 1.54) is 32.5 Å². The summed E-state index contributed by atoms with van der Waals surface area (Å²) in [7, 11) is 0. The Hall–Kier alpha value is -0.0800. The highest BCUT2D eigenvalue weighted by Gasteiger charge is 2.21. The Bertz CT molecular complexity index is 289. The topological polar surface area (TPSA) is 48.9 Å². The molecule has 1 unspecified atom stereocenters. The van der Waals surface area contributed by atoms with Gasteiger partial charge in [0.05, 0.1) is 0 Å². The van der Waals surface area contributed by atoms with E-state index in [0.717, 1.165) is 51.1 Å². The summed E-state index contributed by atoms with van der Waals surface area (Å²) in [6.45, 7) is 14.4. The molecule has 0 radical (unpaired) electrons. The van der Waals surface area contributed by atoms with Gasteiger partial charge in [0.15, 0.2) is 5.96 Å². The number of rotatable bonds is 10. The minimum atomic E-state index is 0. The lowest BCUT2D eigenvalue weighted by molar-refractivity contribution is 0.145. The highest BCUT2D eigenvalue weighted by atomic mass is 127. The Morgan fingerprint density at radius 1 is 1.27 bits per heavy atom. The molecule has 1 saturated heterocycles. The Balaban J connectivity index is 0.00000441. The Morgan fingerprint density at radius 3 is 2.77 bits per heavy atom. The average Bonchev–Trinajstić information content (AvgIpc) is 2.92. The van der Waals surface area contributed by atoms with Crippen molar-refractivity contribution in [2.75, 3.05) is 52.5 Å². The molecule has 0 aromatic heterocycles. The quantitative estimate of drug-likeness (QED) is 0.244. The first kappa shape index (κ1) is 21.9. The highest BCUT2D eigenvalue weighted by Crippen LogP contribution is 2.16. The van der Waals surface area contributed by atoms with Crippen LogP contribution in [-0.2, 0) is 4.74 Å². The fourth-order valence-electron chi connectivity index (χ4n) is 2.67. The van der Waals surface area contributed by atoms with Crippen molar-refractivity contribution in [1.82, 2.24) is 15.5 Å². The third kappa shape index (κ3) is 9.84. The largest absolute Gasteiger partial charge is 0.382 e. The van der Waals surface area contributed by atoms with E-state index >= 15 is 0 Å². The first-order valence-electron chi connectivity index (χ1n) is 8.62. The number of halogens is 1. The van der Waals surface area contributed by atoms with E-state index < -0.39 is 0 Å². The van der Waals surface area contributed by atoms with Crippen molar-refractivity contribution in [3.8, 4) is 0 Å². The molecule has 132 valence electrons. The van der Waals surface area contributed by atoms with Gasteiger partial charge in [-0.25, -0.2) is 0 Å². The molecular weight excluding hydrogens is 391 g/mol. The maximum atomic E-state index is 5.35. The van der Waals surface area contributed by atoms with Crippen LogP contribution in [0, 0.1) is 5.92 Å². The molecule has 0 bridgehead atoms. The van der Waals surface area contributed by atoms with Crippen LogP contribution >= 0.6 is 24.0 Å². The van der Waals surface area contributed by atoms with Crippen LogP contribution in [-0.4, -0.2) is 63.3 Å². The highest BCUT2D eigenvalue weighted by molar-refractivity contribution is 14.0. The third-order valence-electron chi connectivity index (χ3n) is 3.72. The normalized spacial score (nSPS) is 19.0. The standard InChI is InChI=1S/C16H34N4O.HI/c1-4-10-20-11-8-15(14-20)13-19-16(17-5-2)18-9-7-12-21-6-3;/h15H,4-14H2,1-3H3,(H2,17,18,19);1H. The van der Waals surface area contributed by atoms with E-state index in [2.05, 4.69) is 29.4 Å². The summed E-state index contributed by atoms with van der Waals surface area (Å²) in [6.07, 6.45) is 3.55. The first-order chi connectivity index (χ1) is 10.3. The smallest absolute Gasteiger partial charge is 0.191 e. The molecule has 5 nitrogen and oxygen atoms in total. The van der Waals surface area contributed by atoms with Crippen LogP contribution < -0.4 is 10.6 Å². The fraction of sp³-hybridized carbons (Fsp3) is 0.938. The number of hydrogen-bond donors (Lipinski definition) is 2. The summed E-state index contributed by atoms with van der Waals surface area (Å²) in [4.78, 5) is 7.29. The molecule has 22 heavy (non-hydrogen) atoms. The van der Waals surface area contributed by atoms with E-state index in [-0.39, 0.29) is 24.0 Å². The maximum Gasteiger partial charge on any atom is 0.191 e. The monoisotopic (exact) mass is 426 g/mol. The fourth-order valence-corrected chi connectivity index (χ4v) is 2.67. The van der Waals surface area contributed by atoms with Gasteiger partial charge in [-0.15, -0.1) is 24.0 Å². The lowest BCUT2D eigenvalue weighted by atomic mass is 10.1. The summed E-state index contributed by atoms with van der Waals surface area (Å²) in [5, 5.41) is 6.70. The Labute approximate surface area is 153 Å². The number of nitrogens with one attached hydrogen (secondary N) is 2. The van der Waals surface area contributed by atoms with Crippen LogP contribution in [0.15, 0.2) is 4.99 Å². The van der Waals surface area contributed by atoms with Crippen LogP contribution in [0.1, 0.15) is 40.0 Å². The summed E-state index contributed by atoms with van der Waals surface area (Å²) in [5.74, 6) is 1.67. The summed E-state index contributed by atoms with van der Waals surface area (Å²) >= 11 is 0. The number of ether oxygens (including phenoxy) is 1. The van der Waals surface area contributed by atoms with Gasteiger partial charge in [-0.05, 0) is 52.1 Å². The predicted molar refractivity (Wildman–Crippen MR) is 105 cm³/mol. The Morgan fingerprint density at radius 2 is 2.09 bits per heavy atom. The lowest BCUT2D eigenvalue weighted by Gasteiger charge is -2.15. The van der Waals surface area contributed by atoms with Gasteiger partial charge in [0.1, 0.15) is 0 Å². The molecule has 1 fully saturated rings. The summed E-state index contributed by atoms with van der Waals surface area (Å²) in [6, 6.07) is 0. The van der Waals surface area contributed by atoms with Gasteiger partial charge < -0.3 is 20.3 Å². The van der Waals surface area contributed by atoms with Gasteiger partial charge in [0.25, 0.3) is 0 Å². The number of aliphatic imine (C=N–C) groups is 1. The molecule has 0 spiro atoms. The van der Waals surface area contributed by atoms with E-state index in [9.17, 15) is 0 Å². The number of guanidine groups is 1. The molecule has 0 saturated carbocycles. The zero-order chi connectivity index (χ0) is 15.3. The minimum absolute atomic E-state index is 0. The van der Waals surface area contributed by atoms with Crippen molar-refractivity contribution < 1.29 is 4.74 Å².